The Balaban J connectivity index is 1.81. The zero-order valence-corrected chi connectivity index (χ0v) is 15.6. The second kappa shape index (κ2) is 5.57. The maximum absolute atomic E-state index is 12.9. The van der Waals surface area contributed by atoms with Gasteiger partial charge in [0.15, 0.2) is 0 Å². The van der Waals surface area contributed by atoms with Crippen LogP contribution in [0.3, 0.4) is 0 Å². The Bertz CT molecular complexity index is 804. The summed E-state index contributed by atoms with van der Waals surface area (Å²) < 4.78 is 11.1. The fourth-order valence-electron chi connectivity index (χ4n) is 6.32. The van der Waals surface area contributed by atoms with Gasteiger partial charge in [-0.15, -0.1) is 0 Å². The van der Waals surface area contributed by atoms with Gasteiger partial charge in [0.1, 0.15) is 0 Å². The number of ether oxygens (including phenoxy) is 2. The summed E-state index contributed by atoms with van der Waals surface area (Å²) in [6.07, 6.45) is 2.12. The number of hydrogen-bond acceptors (Lipinski definition) is 5. The van der Waals surface area contributed by atoms with Gasteiger partial charge < -0.3 is 14.8 Å². The molecule has 0 saturated carbocycles. The van der Waals surface area contributed by atoms with Gasteiger partial charge in [0.2, 0.25) is 0 Å². The molecule has 1 aromatic rings. The van der Waals surface area contributed by atoms with E-state index in [1.165, 1.54) is 12.7 Å². The second-order valence-corrected chi connectivity index (χ2v) is 8.07. The van der Waals surface area contributed by atoms with Crippen molar-refractivity contribution in [3.63, 3.8) is 0 Å². The van der Waals surface area contributed by atoms with E-state index in [1.54, 1.807) is 7.11 Å². The van der Waals surface area contributed by atoms with E-state index < -0.39 is 0 Å². The number of para-hydroxylation sites is 1. The molecular weight excluding hydrogens is 328 g/mol. The van der Waals surface area contributed by atoms with Crippen molar-refractivity contribution in [2.45, 2.75) is 37.3 Å². The van der Waals surface area contributed by atoms with Crippen LogP contribution in [0.5, 0.6) is 0 Å². The number of hydrogen-bond donors (Lipinski definition) is 1. The predicted octanol–water partition coefficient (Wildman–Crippen LogP) is 2.54. The van der Waals surface area contributed by atoms with Crippen molar-refractivity contribution < 1.29 is 14.3 Å². The number of rotatable bonds is 3. The van der Waals surface area contributed by atoms with Crippen LogP contribution < -0.4 is 5.32 Å². The minimum Gasteiger partial charge on any atom is -0.466 e. The van der Waals surface area contributed by atoms with Crippen molar-refractivity contribution in [1.82, 2.24) is 4.90 Å². The van der Waals surface area contributed by atoms with Crippen molar-refractivity contribution in [2.75, 3.05) is 32.6 Å². The first-order chi connectivity index (χ1) is 12.6. The summed E-state index contributed by atoms with van der Waals surface area (Å²) in [5, 5.41) is 3.64. The highest BCUT2D eigenvalue weighted by Crippen LogP contribution is 2.62. The third-order valence-corrected chi connectivity index (χ3v) is 7.32. The van der Waals surface area contributed by atoms with Gasteiger partial charge in [-0.3, -0.25) is 4.90 Å². The monoisotopic (exact) mass is 354 g/mol. The normalized spacial score (nSPS) is 35.6. The van der Waals surface area contributed by atoms with E-state index in [4.69, 9.17) is 9.47 Å². The molecule has 1 aromatic carbocycles. The van der Waals surface area contributed by atoms with Crippen molar-refractivity contribution in [3.8, 4) is 0 Å². The third-order valence-electron chi connectivity index (χ3n) is 7.32. The summed E-state index contributed by atoms with van der Waals surface area (Å²) >= 11 is 0. The standard InChI is InChI=1S/C21H26N2O3/c1-12(25-2)16-13-8-10-23-11-9-21(19(16)23)14-6-4-5-7-15(14)22-18(21)17(13)20(24)26-3/h4-7,12-13,16,19,22H,8-11H2,1-3H3/t12-,13+,16+,19-,21-/m1/s1. The van der Waals surface area contributed by atoms with Crippen LogP contribution in [0.2, 0.25) is 0 Å². The molecule has 1 aliphatic carbocycles. The first-order valence-electron chi connectivity index (χ1n) is 9.59. The van der Waals surface area contributed by atoms with Gasteiger partial charge in [-0.05, 0) is 44.5 Å². The topological polar surface area (TPSA) is 50.8 Å². The van der Waals surface area contributed by atoms with Gasteiger partial charge in [-0.2, -0.15) is 0 Å². The largest absolute Gasteiger partial charge is 0.466 e. The Labute approximate surface area is 154 Å². The van der Waals surface area contributed by atoms with E-state index in [9.17, 15) is 4.79 Å². The number of methoxy groups -OCH3 is 2. The molecule has 5 atom stereocenters. The molecule has 138 valence electrons. The molecule has 4 aliphatic rings. The Morgan fingerprint density at radius 3 is 2.88 bits per heavy atom. The van der Waals surface area contributed by atoms with Crippen molar-refractivity contribution >= 4 is 11.7 Å². The van der Waals surface area contributed by atoms with Crippen molar-refractivity contribution in [3.05, 3.63) is 41.1 Å². The number of fused-ring (bicyclic) bond motifs is 2. The number of carbonyl (C=O) groups is 1. The first-order valence-corrected chi connectivity index (χ1v) is 9.59. The zero-order valence-electron chi connectivity index (χ0n) is 15.6. The number of anilines is 1. The average Bonchev–Trinajstić information content (AvgIpc) is 3.23. The van der Waals surface area contributed by atoms with E-state index in [0.29, 0.717) is 12.0 Å². The number of nitrogens with zero attached hydrogens (tertiary/aromatic N) is 1. The van der Waals surface area contributed by atoms with Crippen LogP contribution in [-0.4, -0.2) is 50.3 Å². The van der Waals surface area contributed by atoms with Crippen LogP contribution in [0.25, 0.3) is 0 Å². The highest BCUT2D eigenvalue weighted by molar-refractivity contribution is 5.93. The molecule has 2 saturated heterocycles. The van der Waals surface area contributed by atoms with Crippen LogP contribution >= 0.6 is 0 Å². The fourth-order valence-corrected chi connectivity index (χ4v) is 6.32. The van der Waals surface area contributed by atoms with Crippen LogP contribution in [-0.2, 0) is 19.7 Å². The van der Waals surface area contributed by atoms with Gasteiger partial charge >= 0.3 is 5.97 Å². The molecular formula is C21H26N2O3. The Morgan fingerprint density at radius 2 is 2.12 bits per heavy atom. The van der Waals surface area contributed by atoms with Gasteiger partial charge in [0.05, 0.1) is 24.2 Å². The van der Waals surface area contributed by atoms with Gasteiger partial charge in [0, 0.05) is 36.4 Å². The lowest BCUT2D eigenvalue weighted by molar-refractivity contribution is -0.138. The Kier molecular flexibility index (Phi) is 3.50. The van der Waals surface area contributed by atoms with Crippen LogP contribution in [0.1, 0.15) is 25.3 Å². The number of piperidine rings is 1. The molecule has 5 nitrogen and oxygen atoms in total. The molecule has 3 heterocycles. The maximum Gasteiger partial charge on any atom is 0.335 e. The lowest BCUT2D eigenvalue weighted by atomic mass is 9.57. The molecule has 2 fully saturated rings. The molecule has 0 unspecified atom stereocenters. The lowest BCUT2D eigenvalue weighted by Crippen LogP contribution is -2.61. The molecule has 5 heteroatoms. The van der Waals surface area contributed by atoms with E-state index in [2.05, 4.69) is 41.4 Å². The molecule has 0 aromatic heterocycles. The molecule has 1 spiro atoms. The highest BCUT2D eigenvalue weighted by atomic mass is 16.5. The van der Waals surface area contributed by atoms with Crippen molar-refractivity contribution in [2.24, 2.45) is 11.8 Å². The number of esters is 1. The lowest BCUT2D eigenvalue weighted by Gasteiger charge is -2.54. The minimum absolute atomic E-state index is 0.0942. The van der Waals surface area contributed by atoms with E-state index in [0.717, 1.165) is 42.9 Å². The minimum atomic E-state index is -0.184. The molecule has 26 heavy (non-hydrogen) atoms. The SMILES string of the molecule is COC(=O)C1=C2Nc3ccccc3[C@]23CCN2CC[C@H]1[C@H]([C@@H](C)OC)[C@@H]23. The third kappa shape index (κ3) is 1.80. The smallest absolute Gasteiger partial charge is 0.335 e. The van der Waals surface area contributed by atoms with Crippen LogP contribution in [0, 0.1) is 11.8 Å². The Hall–Kier alpha value is -1.85. The predicted molar refractivity (Wildman–Crippen MR) is 98.8 cm³/mol. The quantitative estimate of drug-likeness (QED) is 0.846. The molecule has 3 aliphatic heterocycles. The molecule has 5 rings (SSSR count). The molecule has 0 amide bonds. The summed E-state index contributed by atoms with van der Waals surface area (Å²) in [4.78, 5) is 15.5. The molecule has 0 radical (unpaired) electrons. The van der Waals surface area contributed by atoms with E-state index in [-0.39, 0.29) is 23.4 Å². The van der Waals surface area contributed by atoms with Gasteiger partial charge in [-0.25, -0.2) is 4.79 Å². The van der Waals surface area contributed by atoms with Crippen molar-refractivity contribution in [1.29, 1.82) is 0 Å². The van der Waals surface area contributed by atoms with Gasteiger partial charge in [-0.1, -0.05) is 18.2 Å². The summed E-state index contributed by atoms with van der Waals surface area (Å²) in [7, 11) is 3.28. The van der Waals surface area contributed by atoms with Crippen LogP contribution in [0.4, 0.5) is 5.69 Å². The molecule has 2 bridgehead atoms. The zero-order chi connectivity index (χ0) is 18.1. The average molecular weight is 354 g/mol. The van der Waals surface area contributed by atoms with Gasteiger partial charge in [0.25, 0.3) is 0 Å². The first kappa shape index (κ1) is 16.3. The summed E-state index contributed by atoms with van der Waals surface area (Å²) in [6, 6.07) is 8.91. The number of nitrogens with one attached hydrogen (secondary N) is 1. The maximum atomic E-state index is 12.9. The highest BCUT2D eigenvalue weighted by Gasteiger charge is 2.65. The summed E-state index contributed by atoms with van der Waals surface area (Å²) in [5.74, 6) is 0.292. The molecule has 1 N–H and O–H groups in total. The Morgan fingerprint density at radius 1 is 1.31 bits per heavy atom. The number of carbonyl (C=O) groups excluding carboxylic acids is 1. The summed E-state index contributed by atoms with van der Waals surface area (Å²) in [6.45, 7) is 4.26. The number of benzene rings is 1. The second-order valence-electron chi connectivity index (χ2n) is 8.07. The van der Waals surface area contributed by atoms with Crippen LogP contribution in [0.15, 0.2) is 35.5 Å². The fraction of sp³-hybridized carbons (Fsp3) is 0.571. The summed E-state index contributed by atoms with van der Waals surface area (Å²) in [5.41, 5.74) is 4.28. The van der Waals surface area contributed by atoms with E-state index in [1.807, 2.05) is 0 Å². The van der Waals surface area contributed by atoms with E-state index >= 15 is 0 Å².